The summed E-state index contributed by atoms with van der Waals surface area (Å²) in [6, 6.07) is 7.18. The lowest BCUT2D eigenvalue weighted by Crippen LogP contribution is -2.50. The summed E-state index contributed by atoms with van der Waals surface area (Å²) >= 11 is 7.48. The van der Waals surface area contributed by atoms with Crippen LogP contribution in [-0.4, -0.2) is 60.1 Å². The molecular formula is C21H25ClN6O2S. The zero-order valence-electron chi connectivity index (χ0n) is 17.3. The number of hydrogen-bond donors (Lipinski definition) is 2. The van der Waals surface area contributed by atoms with Crippen molar-refractivity contribution in [3.8, 4) is 5.75 Å². The molecule has 0 atom stereocenters. The Balaban J connectivity index is 1.45. The first kappa shape index (κ1) is 21.5. The van der Waals surface area contributed by atoms with Crippen LogP contribution in [0.25, 0.3) is 10.2 Å². The lowest BCUT2D eigenvalue weighted by molar-refractivity contribution is 0.208. The molecule has 0 saturated carbocycles. The Kier molecular flexibility index (Phi) is 6.62. The van der Waals surface area contributed by atoms with E-state index in [1.54, 1.807) is 18.4 Å². The number of aromatic nitrogens is 2. The summed E-state index contributed by atoms with van der Waals surface area (Å²) in [5, 5.41) is 6.12. The SMILES string of the molecule is COc1ccc(NC(=O)N2CCN(c3nc(N)nc4scc(CCCCl)c34)CC2)cc1. The predicted octanol–water partition coefficient (Wildman–Crippen LogP) is 3.81. The molecule has 2 aromatic heterocycles. The molecule has 2 amide bonds. The number of rotatable bonds is 6. The highest BCUT2D eigenvalue weighted by molar-refractivity contribution is 7.17. The van der Waals surface area contributed by atoms with E-state index < -0.39 is 0 Å². The third kappa shape index (κ3) is 4.77. The van der Waals surface area contributed by atoms with Crippen LogP contribution < -0.4 is 20.7 Å². The third-order valence-electron chi connectivity index (χ3n) is 5.30. The Hall–Kier alpha value is -2.78. The summed E-state index contributed by atoms with van der Waals surface area (Å²) in [6.45, 7) is 2.53. The first-order valence-corrected chi connectivity index (χ1v) is 11.5. The van der Waals surface area contributed by atoms with Crippen LogP contribution in [0.15, 0.2) is 29.6 Å². The number of ether oxygens (including phenoxy) is 1. The van der Waals surface area contributed by atoms with Crippen molar-refractivity contribution in [1.82, 2.24) is 14.9 Å². The first-order chi connectivity index (χ1) is 15.1. The van der Waals surface area contributed by atoms with E-state index in [1.165, 1.54) is 5.56 Å². The summed E-state index contributed by atoms with van der Waals surface area (Å²) in [7, 11) is 1.61. The fraction of sp³-hybridized carbons (Fsp3) is 0.381. The van der Waals surface area contributed by atoms with E-state index in [0.717, 1.165) is 40.3 Å². The van der Waals surface area contributed by atoms with Crippen molar-refractivity contribution in [3.05, 3.63) is 35.2 Å². The number of piperazine rings is 1. The van der Waals surface area contributed by atoms with Gasteiger partial charge in [-0.25, -0.2) is 9.78 Å². The number of aryl methyl sites for hydroxylation is 1. The van der Waals surface area contributed by atoms with Gasteiger partial charge in [0.25, 0.3) is 0 Å². The molecular weight excluding hydrogens is 436 g/mol. The number of nitrogen functional groups attached to an aromatic ring is 1. The fourth-order valence-corrected chi connectivity index (χ4v) is 4.78. The lowest BCUT2D eigenvalue weighted by atomic mass is 10.1. The van der Waals surface area contributed by atoms with Gasteiger partial charge in [0.1, 0.15) is 16.4 Å². The van der Waals surface area contributed by atoms with Crippen LogP contribution in [0.4, 0.5) is 22.2 Å². The summed E-state index contributed by atoms with van der Waals surface area (Å²) < 4.78 is 5.15. The van der Waals surface area contributed by atoms with E-state index in [2.05, 4.69) is 25.6 Å². The monoisotopic (exact) mass is 460 g/mol. The molecule has 0 unspecified atom stereocenters. The van der Waals surface area contributed by atoms with Crippen molar-refractivity contribution < 1.29 is 9.53 Å². The number of carbonyl (C=O) groups is 1. The van der Waals surface area contributed by atoms with Gasteiger partial charge in [-0.15, -0.1) is 22.9 Å². The number of benzene rings is 1. The number of nitrogens with one attached hydrogen (secondary N) is 1. The number of hydrogen-bond acceptors (Lipinski definition) is 7. The highest BCUT2D eigenvalue weighted by atomic mass is 35.5. The third-order valence-corrected chi connectivity index (χ3v) is 6.48. The maximum atomic E-state index is 12.7. The van der Waals surface area contributed by atoms with E-state index in [0.29, 0.717) is 32.1 Å². The molecule has 0 radical (unpaired) electrons. The van der Waals surface area contributed by atoms with Gasteiger partial charge in [-0.2, -0.15) is 4.98 Å². The van der Waals surface area contributed by atoms with Crippen LogP contribution in [0.5, 0.6) is 5.75 Å². The minimum absolute atomic E-state index is 0.115. The summed E-state index contributed by atoms with van der Waals surface area (Å²) in [5.41, 5.74) is 7.92. The normalized spacial score (nSPS) is 14.1. The van der Waals surface area contributed by atoms with Crippen molar-refractivity contribution >= 4 is 56.6 Å². The molecule has 0 aliphatic carbocycles. The van der Waals surface area contributed by atoms with Gasteiger partial charge < -0.3 is 25.6 Å². The van der Waals surface area contributed by atoms with Crippen LogP contribution >= 0.6 is 22.9 Å². The standard InChI is InChI=1S/C21H25ClN6O2S/c1-30-16-6-4-15(5-7-16)24-21(29)28-11-9-27(10-12-28)18-17-14(3-2-8-22)13-31-19(17)26-20(23)25-18/h4-7,13H,2-3,8-12H2,1H3,(H,24,29)(H2,23,25,26). The number of fused-ring (bicyclic) bond motifs is 1. The van der Waals surface area contributed by atoms with Gasteiger partial charge >= 0.3 is 6.03 Å². The van der Waals surface area contributed by atoms with E-state index in [1.807, 2.05) is 29.2 Å². The van der Waals surface area contributed by atoms with Crippen molar-refractivity contribution in [1.29, 1.82) is 0 Å². The zero-order chi connectivity index (χ0) is 21.8. The second-order valence-electron chi connectivity index (χ2n) is 7.27. The van der Waals surface area contributed by atoms with Gasteiger partial charge in [-0.1, -0.05) is 0 Å². The van der Waals surface area contributed by atoms with Gasteiger partial charge in [0.05, 0.1) is 12.5 Å². The molecule has 10 heteroatoms. The van der Waals surface area contributed by atoms with Crippen LogP contribution in [0.2, 0.25) is 0 Å². The highest BCUT2D eigenvalue weighted by Crippen LogP contribution is 2.34. The summed E-state index contributed by atoms with van der Waals surface area (Å²) in [4.78, 5) is 26.5. The first-order valence-electron chi connectivity index (χ1n) is 10.1. The van der Waals surface area contributed by atoms with Crippen molar-refractivity contribution in [2.75, 3.05) is 55.1 Å². The number of amides is 2. The minimum Gasteiger partial charge on any atom is -0.497 e. The van der Waals surface area contributed by atoms with Gasteiger partial charge in [0, 0.05) is 37.7 Å². The van der Waals surface area contributed by atoms with Gasteiger partial charge in [-0.05, 0) is 48.1 Å². The second kappa shape index (κ2) is 9.57. The van der Waals surface area contributed by atoms with Crippen molar-refractivity contribution in [3.63, 3.8) is 0 Å². The van der Waals surface area contributed by atoms with E-state index in [4.69, 9.17) is 22.1 Å². The Morgan fingerprint density at radius 2 is 1.97 bits per heavy atom. The highest BCUT2D eigenvalue weighted by Gasteiger charge is 2.25. The van der Waals surface area contributed by atoms with Crippen LogP contribution in [-0.2, 0) is 6.42 Å². The quantitative estimate of drug-likeness (QED) is 0.543. The molecule has 1 aliphatic heterocycles. The Labute approximate surface area is 190 Å². The van der Waals surface area contributed by atoms with Crippen LogP contribution in [0, 0.1) is 0 Å². The molecule has 3 aromatic rings. The molecule has 3 heterocycles. The molecule has 0 spiro atoms. The topological polar surface area (TPSA) is 96.6 Å². The maximum absolute atomic E-state index is 12.7. The van der Waals surface area contributed by atoms with E-state index in [9.17, 15) is 4.79 Å². The van der Waals surface area contributed by atoms with E-state index >= 15 is 0 Å². The molecule has 3 N–H and O–H groups in total. The molecule has 1 aliphatic rings. The summed E-state index contributed by atoms with van der Waals surface area (Å²) in [5.74, 6) is 2.49. The molecule has 1 fully saturated rings. The Morgan fingerprint density at radius 1 is 1.23 bits per heavy atom. The number of thiophene rings is 1. The maximum Gasteiger partial charge on any atom is 0.321 e. The molecule has 0 bridgehead atoms. The zero-order valence-corrected chi connectivity index (χ0v) is 18.9. The Morgan fingerprint density at radius 3 is 2.65 bits per heavy atom. The lowest BCUT2D eigenvalue weighted by Gasteiger charge is -2.35. The molecule has 1 saturated heterocycles. The van der Waals surface area contributed by atoms with Gasteiger partial charge in [0.15, 0.2) is 0 Å². The average Bonchev–Trinajstić information content (AvgIpc) is 3.20. The molecule has 1 aromatic carbocycles. The largest absolute Gasteiger partial charge is 0.497 e. The predicted molar refractivity (Wildman–Crippen MR) is 127 cm³/mol. The fourth-order valence-electron chi connectivity index (χ4n) is 3.67. The summed E-state index contributed by atoms with van der Waals surface area (Å²) in [6.07, 6.45) is 1.78. The number of nitrogens with zero attached hydrogens (tertiary/aromatic N) is 4. The number of urea groups is 1. The van der Waals surface area contributed by atoms with Gasteiger partial charge in [0.2, 0.25) is 5.95 Å². The molecule has 8 nitrogen and oxygen atoms in total. The minimum atomic E-state index is -0.115. The second-order valence-corrected chi connectivity index (χ2v) is 8.51. The average molecular weight is 461 g/mol. The molecule has 164 valence electrons. The number of halogens is 1. The smallest absolute Gasteiger partial charge is 0.321 e. The van der Waals surface area contributed by atoms with Crippen LogP contribution in [0.1, 0.15) is 12.0 Å². The number of methoxy groups -OCH3 is 1. The molecule has 31 heavy (non-hydrogen) atoms. The van der Waals surface area contributed by atoms with Crippen molar-refractivity contribution in [2.45, 2.75) is 12.8 Å². The number of alkyl halides is 1. The number of anilines is 3. The van der Waals surface area contributed by atoms with Crippen LogP contribution in [0.3, 0.4) is 0 Å². The van der Waals surface area contributed by atoms with Crippen molar-refractivity contribution in [2.24, 2.45) is 0 Å². The number of nitrogens with two attached hydrogens (primary N) is 1. The van der Waals surface area contributed by atoms with E-state index in [-0.39, 0.29) is 12.0 Å². The Bertz CT molecular complexity index is 1050. The molecule has 4 rings (SSSR count). The number of carbonyl (C=O) groups excluding carboxylic acids is 1. The van der Waals surface area contributed by atoms with Gasteiger partial charge in [-0.3, -0.25) is 0 Å².